The van der Waals surface area contributed by atoms with E-state index in [9.17, 15) is 4.79 Å². The first-order valence-electron chi connectivity index (χ1n) is 4.81. The second-order valence-corrected chi connectivity index (χ2v) is 2.85. The van der Waals surface area contributed by atoms with Crippen LogP contribution in [0.15, 0.2) is 42.7 Å². The van der Waals surface area contributed by atoms with Crippen LogP contribution in [-0.2, 0) is 20.9 Å². The third kappa shape index (κ3) is 4.86. The van der Waals surface area contributed by atoms with Crippen molar-refractivity contribution >= 4 is 5.97 Å². The Bertz CT molecular complexity index is 317. The minimum atomic E-state index is -0.396. The molecule has 1 aromatic rings. The van der Waals surface area contributed by atoms with Gasteiger partial charge < -0.3 is 9.47 Å². The molecule has 0 aliphatic carbocycles. The van der Waals surface area contributed by atoms with Gasteiger partial charge in [-0.1, -0.05) is 30.3 Å². The molecule has 0 aliphatic rings. The molecular weight excluding hydrogens is 192 g/mol. The van der Waals surface area contributed by atoms with Crippen molar-refractivity contribution in [3.63, 3.8) is 0 Å². The molecule has 0 unspecified atom stereocenters. The highest BCUT2D eigenvalue weighted by Gasteiger charge is 1.97. The minimum Gasteiger partial charge on any atom is -0.501 e. The van der Waals surface area contributed by atoms with E-state index in [2.05, 4.69) is 0 Å². The summed E-state index contributed by atoms with van der Waals surface area (Å²) in [5, 5.41) is 0. The highest BCUT2D eigenvalue weighted by Crippen LogP contribution is 2.00. The average molecular weight is 206 g/mol. The van der Waals surface area contributed by atoms with E-state index < -0.39 is 5.97 Å². The predicted molar refractivity (Wildman–Crippen MR) is 57.0 cm³/mol. The van der Waals surface area contributed by atoms with Crippen LogP contribution < -0.4 is 0 Å². The zero-order valence-corrected chi connectivity index (χ0v) is 8.68. The smallest absolute Gasteiger partial charge is 0.334 e. The summed E-state index contributed by atoms with van der Waals surface area (Å²) in [6.07, 6.45) is 2.61. The first-order valence-corrected chi connectivity index (χ1v) is 4.81. The van der Waals surface area contributed by atoms with Crippen molar-refractivity contribution < 1.29 is 14.3 Å². The van der Waals surface area contributed by atoms with Crippen LogP contribution in [0.4, 0.5) is 0 Å². The van der Waals surface area contributed by atoms with Gasteiger partial charge in [0, 0.05) is 0 Å². The maximum atomic E-state index is 11.1. The van der Waals surface area contributed by atoms with Gasteiger partial charge in [-0.2, -0.15) is 0 Å². The van der Waals surface area contributed by atoms with Gasteiger partial charge in [0.1, 0.15) is 6.61 Å². The Morgan fingerprint density at radius 3 is 2.73 bits per heavy atom. The summed E-state index contributed by atoms with van der Waals surface area (Å²) in [6, 6.07) is 9.53. The van der Waals surface area contributed by atoms with Gasteiger partial charge in [-0.15, -0.1) is 0 Å². The summed E-state index contributed by atoms with van der Waals surface area (Å²) in [6.45, 7) is 2.68. The Labute approximate surface area is 89.3 Å². The van der Waals surface area contributed by atoms with Gasteiger partial charge in [0.15, 0.2) is 0 Å². The van der Waals surface area contributed by atoms with Gasteiger partial charge in [0.2, 0.25) is 0 Å². The molecule has 0 aliphatic heterocycles. The summed E-state index contributed by atoms with van der Waals surface area (Å²) in [7, 11) is 0. The number of hydrogen-bond donors (Lipinski definition) is 0. The van der Waals surface area contributed by atoms with E-state index in [1.54, 1.807) is 0 Å². The number of esters is 1. The first kappa shape index (κ1) is 11.3. The highest BCUT2D eigenvalue weighted by atomic mass is 16.5. The number of carbonyl (C=O) groups is 1. The molecule has 0 amide bonds. The predicted octanol–water partition coefficient (Wildman–Crippen LogP) is 2.28. The lowest BCUT2D eigenvalue weighted by molar-refractivity contribution is -0.139. The SMILES string of the molecule is CCO/C=C/C(=O)OCc1ccccc1. The fourth-order valence-electron chi connectivity index (χ4n) is 0.977. The molecular formula is C12H14O3. The Balaban J connectivity index is 2.28. The van der Waals surface area contributed by atoms with Crippen LogP contribution in [0.1, 0.15) is 12.5 Å². The lowest BCUT2D eigenvalue weighted by atomic mass is 10.2. The van der Waals surface area contributed by atoms with Crippen molar-refractivity contribution in [3.8, 4) is 0 Å². The third-order valence-corrected chi connectivity index (χ3v) is 1.69. The van der Waals surface area contributed by atoms with Crippen LogP contribution in [0.3, 0.4) is 0 Å². The lowest BCUT2D eigenvalue weighted by Crippen LogP contribution is -2.00. The summed E-state index contributed by atoms with van der Waals surface area (Å²) in [5.74, 6) is -0.396. The molecule has 0 atom stereocenters. The molecule has 0 radical (unpaired) electrons. The highest BCUT2D eigenvalue weighted by molar-refractivity contribution is 5.81. The van der Waals surface area contributed by atoms with Crippen LogP contribution in [0.5, 0.6) is 0 Å². The molecule has 3 heteroatoms. The minimum absolute atomic E-state index is 0.288. The van der Waals surface area contributed by atoms with Gasteiger partial charge in [-0.25, -0.2) is 4.79 Å². The van der Waals surface area contributed by atoms with Gasteiger partial charge in [0.05, 0.1) is 18.9 Å². The number of ether oxygens (including phenoxy) is 2. The van der Waals surface area contributed by atoms with Crippen LogP contribution in [0.25, 0.3) is 0 Å². The molecule has 0 fully saturated rings. The molecule has 15 heavy (non-hydrogen) atoms. The normalized spacial score (nSPS) is 10.2. The zero-order valence-electron chi connectivity index (χ0n) is 8.68. The first-order chi connectivity index (χ1) is 7.33. The molecule has 1 aromatic carbocycles. The molecule has 80 valence electrons. The van der Waals surface area contributed by atoms with Crippen molar-refractivity contribution in [2.24, 2.45) is 0 Å². The topological polar surface area (TPSA) is 35.5 Å². The van der Waals surface area contributed by atoms with Crippen molar-refractivity contribution in [3.05, 3.63) is 48.2 Å². The van der Waals surface area contributed by atoms with Gasteiger partial charge in [0.25, 0.3) is 0 Å². The molecule has 1 rings (SSSR count). The molecule has 0 saturated heterocycles. The summed E-state index contributed by atoms with van der Waals surface area (Å²) in [4.78, 5) is 11.1. The molecule has 0 spiro atoms. The molecule has 0 heterocycles. The number of rotatable bonds is 5. The second-order valence-electron chi connectivity index (χ2n) is 2.85. The van der Waals surface area contributed by atoms with Crippen molar-refractivity contribution in [2.45, 2.75) is 13.5 Å². The van der Waals surface area contributed by atoms with Crippen molar-refractivity contribution in [2.75, 3.05) is 6.61 Å². The van der Waals surface area contributed by atoms with E-state index >= 15 is 0 Å². The van der Waals surface area contributed by atoms with Gasteiger partial charge in [-0.3, -0.25) is 0 Å². The van der Waals surface area contributed by atoms with Crippen molar-refractivity contribution in [1.29, 1.82) is 0 Å². The van der Waals surface area contributed by atoms with E-state index in [4.69, 9.17) is 9.47 Å². The lowest BCUT2D eigenvalue weighted by Gasteiger charge is -2.01. The number of hydrogen-bond acceptors (Lipinski definition) is 3. The number of carbonyl (C=O) groups excluding carboxylic acids is 1. The van der Waals surface area contributed by atoms with E-state index in [0.717, 1.165) is 5.56 Å². The maximum absolute atomic E-state index is 11.1. The van der Waals surface area contributed by atoms with Crippen molar-refractivity contribution in [1.82, 2.24) is 0 Å². The summed E-state index contributed by atoms with van der Waals surface area (Å²) >= 11 is 0. The molecule has 0 aromatic heterocycles. The summed E-state index contributed by atoms with van der Waals surface area (Å²) in [5.41, 5.74) is 0.968. The Hall–Kier alpha value is -1.77. The summed E-state index contributed by atoms with van der Waals surface area (Å²) < 4.78 is 9.84. The molecule has 0 N–H and O–H groups in total. The fourth-order valence-corrected chi connectivity index (χ4v) is 0.977. The quantitative estimate of drug-likeness (QED) is 0.421. The fraction of sp³-hybridized carbons (Fsp3) is 0.250. The molecule has 0 saturated carbocycles. The monoisotopic (exact) mass is 206 g/mol. The van der Waals surface area contributed by atoms with Crippen LogP contribution in [0.2, 0.25) is 0 Å². The van der Waals surface area contributed by atoms with E-state index in [-0.39, 0.29) is 6.61 Å². The molecule has 0 bridgehead atoms. The number of benzene rings is 1. The largest absolute Gasteiger partial charge is 0.501 e. The third-order valence-electron chi connectivity index (χ3n) is 1.69. The average Bonchev–Trinajstić information content (AvgIpc) is 2.28. The van der Waals surface area contributed by atoms with Crippen LogP contribution in [0, 0.1) is 0 Å². The van der Waals surface area contributed by atoms with Crippen LogP contribution >= 0.6 is 0 Å². The van der Waals surface area contributed by atoms with Gasteiger partial charge in [-0.05, 0) is 12.5 Å². The van der Waals surface area contributed by atoms with Gasteiger partial charge >= 0.3 is 5.97 Å². The Kier molecular flexibility index (Phi) is 5.01. The standard InChI is InChI=1S/C12H14O3/c1-2-14-9-8-12(13)15-10-11-6-4-3-5-7-11/h3-9H,2,10H2,1H3/b9-8+. The Morgan fingerprint density at radius 1 is 1.33 bits per heavy atom. The van der Waals surface area contributed by atoms with E-state index in [1.807, 2.05) is 37.3 Å². The van der Waals surface area contributed by atoms with E-state index in [0.29, 0.717) is 6.61 Å². The zero-order chi connectivity index (χ0) is 10.9. The Morgan fingerprint density at radius 2 is 2.07 bits per heavy atom. The van der Waals surface area contributed by atoms with E-state index in [1.165, 1.54) is 12.3 Å². The maximum Gasteiger partial charge on any atom is 0.334 e. The van der Waals surface area contributed by atoms with Crippen LogP contribution in [-0.4, -0.2) is 12.6 Å². The second kappa shape index (κ2) is 6.65. The molecule has 3 nitrogen and oxygen atoms in total.